The lowest BCUT2D eigenvalue weighted by molar-refractivity contribution is -0.115. The van der Waals surface area contributed by atoms with Gasteiger partial charge in [-0.2, -0.15) is 0 Å². The summed E-state index contributed by atoms with van der Waals surface area (Å²) in [4.78, 5) is 11.1. The lowest BCUT2D eigenvalue weighted by Crippen LogP contribution is -2.28. The van der Waals surface area contributed by atoms with E-state index in [0.29, 0.717) is 0 Å². The van der Waals surface area contributed by atoms with Gasteiger partial charge in [-0.25, -0.2) is 0 Å². The second-order valence-electron chi connectivity index (χ2n) is 4.12. The molecule has 0 bridgehead atoms. The van der Waals surface area contributed by atoms with Crippen molar-refractivity contribution in [1.82, 2.24) is 0 Å². The summed E-state index contributed by atoms with van der Waals surface area (Å²) in [6, 6.07) is -0.321. The van der Waals surface area contributed by atoms with Gasteiger partial charge in [-0.15, -0.1) is 0 Å². The largest absolute Gasteiger partial charge is 0.321 e. The molecule has 0 heterocycles. The van der Waals surface area contributed by atoms with Crippen LogP contribution in [0.3, 0.4) is 0 Å². The Morgan fingerprint density at radius 3 is 2.27 bits per heavy atom. The number of nitrogens with two attached hydrogens (primary N) is 1. The minimum absolute atomic E-state index is 0.0269. The average molecular weight is 211 g/mol. The molecule has 0 aromatic carbocycles. The summed E-state index contributed by atoms with van der Waals surface area (Å²) in [6.07, 6.45) is 11.0. The van der Waals surface area contributed by atoms with Crippen LogP contribution in [0.5, 0.6) is 0 Å². The van der Waals surface area contributed by atoms with Crippen molar-refractivity contribution in [3.8, 4) is 0 Å². The third-order valence-electron chi connectivity index (χ3n) is 2.69. The van der Waals surface area contributed by atoms with E-state index in [0.717, 1.165) is 12.8 Å². The highest BCUT2D eigenvalue weighted by Crippen LogP contribution is 2.09. The van der Waals surface area contributed by atoms with Crippen LogP contribution in [0.2, 0.25) is 0 Å². The standard InChI is InChI=1S/C13H25NO/c1-3-5-6-7-8-9-10-11-12(14)13(15)4-2/h4,12H,2-3,5-11,14H2,1H3. The van der Waals surface area contributed by atoms with Crippen LogP contribution in [-0.2, 0) is 4.79 Å². The summed E-state index contributed by atoms with van der Waals surface area (Å²) in [5.74, 6) is -0.0269. The zero-order chi connectivity index (χ0) is 11.5. The van der Waals surface area contributed by atoms with E-state index in [4.69, 9.17) is 5.73 Å². The van der Waals surface area contributed by atoms with Crippen molar-refractivity contribution in [3.63, 3.8) is 0 Å². The van der Waals surface area contributed by atoms with Crippen molar-refractivity contribution >= 4 is 5.78 Å². The molecule has 1 unspecified atom stereocenters. The first kappa shape index (κ1) is 14.4. The monoisotopic (exact) mass is 211 g/mol. The minimum atomic E-state index is -0.321. The number of hydrogen-bond donors (Lipinski definition) is 1. The highest BCUT2D eigenvalue weighted by molar-refractivity contribution is 5.93. The lowest BCUT2D eigenvalue weighted by Gasteiger charge is -2.07. The Bertz CT molecular complexity index is 177. The molecule has 0 aromatic rings. The van der Waals surface area contributed by atoms with Crippen molar-refractivity contribution in [1.29, 1.82) is 0 Å². The number of hydrogen-bond acceptors (Lipinski definition) is 2. The number of rotatable bonds is 10. The SMILES string of the molecule is C=CC(=O)C(N)CCCCCCCCC. The van der Waals surface area contributed by atoms with Crippen molar-refractivity contribution in [3.05, 3.63) is 12.7 Å². The number of unbranched alkanes of at least 4 members (excludes halogenated alkanes) is 6. The Balaban J connectivity index is 3.23. The molecule has 0 aromatic heterocycles. The van der Waals surface area contributed by atoms with Gasteiger partial charge in [-0.05, 0) is 12.5 Å². The Morgan fingerprint density at radius 2 is 1.73 bits per heavy atom. The molecular formula is C13H25NO. The molecule has 15 heavy (non-hydrogen) atoms. The molecule has 2 N–H and O–H groups in total. The van der Waals surface area contributed by atoms with Gasteiger partial charge in [0.1, 0.15) is 0 Å². The molecule has 0 amide bonds. The predicted octanol–water partition coefficient (Wildman–Crippen LogP) is 3.21. The first-order valence-electron chi connectivity index (χ1n) is 6.14. The summed E-state index contributed by atoms with van der Waals surface area (Å²) in [5.41, 5.74) is 5.67. The van der Waals surface area contributed by atoms with Crippen LogP contribution in [0, 0.1) is 0 Å². The molecule has 0 spiro atoms. The fourth-order valence-corrected chi connectivity index (χ4v) is 1.61. The van der Waals surface area contributed by atoms with Gasteiger partial charge in [0.15, 0.2) is 5.78 Å². The van der Waals surface area contributed by atoms with E-state index in [1.807, 2.05) is 0 Å². The quantitative estimate of drug-likeness (QED) is 0.445. The van der Waals surface area contributed by atoms with Gasteiger partial charge in [0.05, 0.1) is 6.04 Å². The maximum atomic E-state index is 11.1. The van der Waals surface area contributed by atoms with E-state index in [1.165, 1.54) is 44.6 Å². The second-order valence-corrected chi connectivity index (χ2v) is 4.12. The first-order valence-corrected chi connectivity index (χ1v) is 6.14. The van der Waals surface area contributed by atoms with Gasteiger partial charge in [0, 0.05) is 0 Å². The Hall–Kier alpha value is -0.630. The molecule has 88 valence electrons. The molecular weight excluding hydrogens is 186 g/mol. The highest BCUT2D eigenvalue weighted by Gasteiger charge is 2.08. The van der Waals surface area contributed by atoms with Crippen LogP contribution >= 0.6 is 0 Å². The normalized spacial score (nSPS) is 12.4. The molecule has 0 saturated heterocycles. The van der Waals surface area contributed by atoms with Gasteiger partial charge in [-0.3, -0.25) is 4.79 Å². The molecule has 2 heteroatoms. The van der Waals surface area contributed by atoms with E-state index < -0.39 is 0 Å². The summed E-state index contributed by atoms with van der Waals surface area (Å²) in [6.45, 7) is 5.65. The molecule has 0 saturated carbocycles. The molecule has 0 rings (SSSR count). The fraction of sp³-hybridized carbons (Fsp3) is 0.769. The maximum absolute atomic E-state index is 11.1. The molecule has 0 aliphatic heterocycles. The van der Waals surface area contributed by atoms with Crippen molar-refractivity contribution < 1.29 is 4.79 Å². The van der Waals surface area contributed by atoms with E-state index in [-0.39, 0.29) is 11.8 Å². The summed E-state index contributed by atoms with van der Waals surface area (Å²) < 4.78 is 0. The van der Waals surface area contributed by atoms with Crippen molar-refractivity contribution in [2.75, 3.05) is 0 Å². The van der Waals surface area contributed by atoms with E-state index in [2.05, 4.69) is 13.5 Å². The fourth-order valence-electron chi connectivity index (χ4n) is 1.61. The zero-order valence-corrected chi connectivity index (χ0v) is 10.0. The summed E-state index contributed by atoms with van der Waals surface area (Å²) in [5, 5.41) is 0. The lowest BCUT2D eigenvalue weighted by atomic mass is 10.0. The Kier molecular flexibility index (Phi) is 9.49. The predicted molar refractivity (Wildman–Crippen MR) is 65.8 cm³/mol. The summed E-state index contributed by atoms with van der Waals surface area (Å²) >= 11 is 0. The van der Waals surface area contributed by atoms with E-state index >= 15 is 0 Å². The zero-order valence-electron chi connectivity index (χ0n) is 10.0. The topological polar surface area (TPSA) is 43.1 Å². The molecule has 0 aliphatic rings. The number of ketones is 1. The van der Waals surface area contributed by atoms with Crippen LogP contribution in [0.1, 0.15) is 58.3 Å². The van der Waals surface area contributed by atoms with Crippen molar-refractivity contribution in [2.45, 2.75) is 64.3 Å². The average Bonchev–Trinajstić information content (AvgIpc) is 2.26. The molecule has 0 radical (unpaired) electrons. The maximum Gasteiger partial charge on any atom is 0.171 e. The van der Waals surface area contributed by atoms with Crippen LogP contribution in [0.25, 0.3) is 0 Å². The minimum Gasteiger partial charge on any atom is -0.321 e. The second kappa shape index (κ2) is 9.91. The molecule has 2 nitrogen and oxygen atoms in total. The van der Waals surface area contributed by atoms with Gasteiger partial charge in [0.2, 0.25) is 0 Å². The van der Waals surface area contributed by atoms with Crippen molar-refractivity contribution in [2.24, 2.45) is 5.73 Å². The van der Waals surface area contributed by atoms with E-state index in [1.54, 1.807) is 0 Å². The highest BCUT2D eigenvalue weighted by atomic mass is 16.1. The Morgan fingerprint density at radius 1 is 1.20 bits per heavy atom. The smallest absolute Gasteiger partial charge is 0.171 e. The molecule has 1 atom stereocenters. The third kappa shape index (κ3) is 8.37. The molecule has 0 aliphatic carbocycles. The molecule has 0 fully saturated rings. The first-order chi connectivity index (χ1) is 7.22. The van der Waals surface area contributed by atoms with Gasteiger partial charge in [0.25, 0.3) is 0 Å². The number of carbonyl (C=O) groups is 1. The van der Waals surface area contributed by atoms with Crippen LogP contribution in [0.4, 0.5) is 0 Å². The third-order valence-corrected chi connectivity index (χ3v) is 2.69. The van der Waals surface area contributed by atoms with Gasteiger partial charge < -0.3 is 5.73 Å². The Labute approximate surface area is 93.9 Å². The van der Waals surface area contributed by atoms with Crippen LogP contribution in [0.15, 0.2) is 12.7 Å². The van der Waals surface area contributed by atoms with Crippen LogP contribution in [-0.4, -0.2) is 11.8 Å². The summed E-state index contributed by atoms with van der Waals surface area (Å²) in [7, 11) is 0. The van der Waals surface area contributed by atoms with Gasteiger partial charge >= 0.3 is 0 Å². The number of carbonyl (C=O) groups excluding carboxylic acids is 1. The van der Waals surface area contributed by atoms with E-state index in [9.17, 15) is 4.79 Å². The van der Waals surface area contributed by atoms with Crippen LogP contribution < -0.4 is 5.73 Å². The van der Waals surface area contributed by atoms with Gasteiger partial charge in [-0.1, -0.05) is 58.4 Å².